The summed E-state index contributed by atoms with van der Waals surface area (Å²) < 4.78 is 11.7. The second kappa shape index (κ2) is 12.6. The van der Waals surface area contributed by atoms with Gasteiger partial charge < -0.3 is 24.6 Å². The van der Waals surface area contributed by atoms with Crippen LogP contribution in [0.2, 0.25) is 0 Å². The Morgan fingerprint density at radius 3 is 2.95 bits per heavy atom. The van der Waals surface area contributed by atoms with Crippen LogP contribution in [0.4, 0.5) is 11.5 Å². The highest BCUT2D eigenvalue weighted by Gasteiger charge is 2.27. The van der Waals surface area contributed by atoms with Crippen molar-refractivity contribution in [2.45, 2.75) is 44.4 Å². The molecule has 37 heavy (non-hydrogen) atoms. The van der Waals surface area contributed by atoms with Crippen LogP contribution in [-0.2, 0) is 27.1 Å². The summed E-state index contributed by atoms with van der Waals surface area (Å²) in [6.07, 6.45) is 6.09. The highest BCUT2D eigenvalue weighted by atomic mass is 79.9. The number of esters is 1. The Hall–Kier alpha value is -2.16. The number of halogens is 1. The van der Waals surface area contributed by atoms with E-state index in [9.17, 15) is 4.79 Å². The van der Waals surface area contributed by atoms with Gasteiger partial charge in [-0.15, -0.1) is 0 Å². The zero-order valence-corrected chi connectivity index (χ0v) is 23.5. The number of hydrogen-bond donors (Lipinski definition) is 1. The van der Waals surface area contributed by atoms with Gasteiger partial charge in [0.2, 0.25) is 0 Å². The number of pyridine rings is 1. The summed E-state index contributed by atoms with van der Waals surface area (Å²) in [4.78, 5) is 22.2. The molecule has 1 aromatic heterocycles. The number of hydrogen-bond acceptors (Lipinski definition) is 7. The second-order valence-corrected chi connectivity index (χ2v) is 11.5. The number of aryl methyl sites for hydroxylation is 2. The largest absolute Gasteiger partial charge is 0.469 e. The lowest BCUT2D eigenvalue weighted by atomic mass is 9.94. The first-order valence-corrected chi connectivity index (χ1v) is 14.5. The molecule has 1 aromatic carbocycles. The molecule has 1 N–H and O–H groups in total. The van der Waals surface area contributed by atoms with Crippen molar-refractivity contribution in [3.05, 3.63) is 51.6 Å². The first-order chi connectivity index (χ1) is 18.1. The average molecular weight is 572 g/mol. The van der Waals surface area contributed by atoms with Crippen molar-refractivity contribution in [3.8, 4) is 0 Å². The maximum Gasteiger partial charge on any atom is 0.306 e. The smallest absolute Gasteiger partial charge is 0.306 e. The Labute approximate surface area is 229 Å². The quantitative estimate of drug-likeness (QED) is 0.440. The van der Waals surface area contributed by atoms with Crippen LogP contribution in [0.1, 0.15) is 48.4 Å². The van der Waals surface area contributed by atoms with Crippen molar-refractivity contribution in [1.82, 2.24) is 9.88 Å². The number of likely N-dealkylation sites (tertiary alicyclic amines) is 1. The standard InChI is InChI=1S/C29H39BrN4O3/c1-36-28(35)17-24(23-15-25(30)18-27(16-23)34-11-13-37-14-12-34)20-33-10-8-21(19-33)4-6-26-7-5-22-3-2-9-31-29(22)32-26/h5,7,15-16,18,21,24H,2-4,6,8-14,17,19-20H2,1H3,(H,31,32)/t21-,24+/m1/s1. The van der Waals surface area contributed by atoms with Crippen LogP contribution >= 0.6 is 15.9 Å². The molecule has 0 amide bonds. The molecule has 2 fully saturated rings. The van der Waals surface area contributed by atoms with Gasteiger partial charge in [0.15, 0.2) is 0 Å². The molecule has 2 aromatic rings. The molecule has 200 valence electrons. The Morgan fingerprint density at radius 1 is 1.24 bits per heavy atom. The summed E-state index contributed by atoms with van der Waals surface area (Å²) in [6.45, 7) is 7.32. The lowest BCUT2D eigenvalue weighted by Gasteiger charge is -2.30. The molecule has 4 heterocycles. The van der Waals surface area contributed by atoms with E-state index in [4.69, 9.17) is 14.5 Å². The van der Waals surface area contributed by atoms with Crippen molar-refractivity contribution in [2.24, 2.45) is 5.92 Å². The van der Waals surface area contributed by atoms with Gasteiger partial charge in [0.25, 0.3) is 0 Å². The number of rotatable bonds is 9. The van der Waals surface area contributed by atoms with E-state index < -0.39 is 0 Å². The number of carbonyl (C=O) groups is 1. The minimum Gasteiger partial charge on any atom is -0.469 e. The fourth-order valence-electron chi connectivity index (χ4n) is 5.89. The first kappa shape index (κ1) is 26.4. The number of methoxy groups -OCH3 is 1. The van der Waals surface area contributed by atoms with Crippen molar-refractivity contribution in [1.29, 1.82) is 0 Å². The third-order valence-electron chi connectivity index (χ3n) is 8.00. The van der Waals surface area contributed by atoms with Gasteiger partial charge in [-0.2, -0.15) is 0 Å². The van der Waals surface area contributed by atoms with E-state index in [0.717, 1.165) is 82.0 Å². The van der Waals surface area contributed by atoms with Crippen LogP contribution < -0.4 is 10.2 Å². The van der Waals surface area contributed by atoms with Crippen molar-refractivity contribution in [2.75, 3.05) is 69.8 Å². The molecule has 7 nitrogen and oxygen atoms in total. The Kier molecular flexibility index (Phi) is 9.00. The van der Waals surface area contributed by atoms with Crippen LogP contribution in [0, 0.1) is 5.92 Å². The highest BCUT2D eigenvalue weighted by Crippen LogP contribution is 2.32. The molecule has 2 saturated heterocycles. The normalized spacial score (nSPS) is 20.8. The maximum atomic E-state index is 12.4. The zero-order valence-electron chi connectivity index (χ0n) is 21.9. The molecule has 0 saturated carbocycles. The van der Waals surface area contributed by atoms with Crippen molar-refractivity contribution >= 4 is 33.4 Å². The summed E-state index contributed by atoms with van der Waals surface area (Å²) in [6, 6.07) is 11.1. The number of nitrogens with one attached hydrogen (secondary N) is 1. The number of anilines is 2. The number of aromatic nitrogens is 1. The van der Waals surface area contributed by atoms with Gasteiger partial charge in [0.1, 0.15) is 5.82 Å². The summed E-state index contributed by atoms with van der Waals surface area (Å²) in [5.74, 6) is 1.70. The molecule has 8 heteroatoms. The van der Waals surface area contributed by atoms with Gasteiger partial charge in [-0.25, -0.2) is 4.98 Å². The summed E-state index contributed by atoms with van der Waals surface area (Å²) in [5.41, 5.74) is 4.92. The fourth-order valence-corrected chi connectivity index (χ4v) is 6.39. The number of morpholine rings is 1. The average Bonchev–Trinajstić information content (AvgIpc) is 3.38. The first-order valence-electron chi connectivity index (χ1n) is 13.7. The van der Waals surface area contributed by atoms with Crippen LogP contribution in [0.15, 0.2) is 34.8 Å². The third kappa shape index (κ3) is 7.03. The number of fused-ring (bicyclic) bond motifs is 1. The molecule has 0 bridgehead atoms. The van der Waals surface area contributed by atoms with E-state index in [0.29, 0.717) is 12.3 Å². The maximum absolute atomic E-state index is 12.4. The van der Waals surface area contributed by atoms with Gasteiger partial charge in [-0.3, -0.25) is 4.79 Å². The topological polar surface area (TPSA) is 66.9 Å². The minimum atomic E-state index is -0.152. The van der Waals surface area contributed by atoms with Gasteiger partial charge in [-0.1, -0.05) is 22.0 Å². The van der Waals surface area contributed by atoms with Crippen LogP contribution in [-0.4, -0.2) is 75.4 Å². The minimum absolute atomic E-state index is 0.0943. The SMILES string of the molecule is COC(=O)C[C@@H](CN1CC[C@@H](CCc2ccc3c(n2)NCCC3)C1)c1cc(Br)cc(N2CCOCC2)c1. The van der Waals surface area contributed by atoms with Crippen LogP contribution in [0.25, 0.3) is 0 Å². The second-order valence-electron chi connectivity index (χ2n) is 10.6. The van der Waals surface area contributed by atoms with Gasteiger partial charge in [0.05, 0.1) is 26.7 Å². The van der Waals surface area contributed by atoms with E-state index in [-0.39, 0.29) is 11.9 Å². The predicted octanol–water partition coefficient (Wildman–Crippen LogP) is 4.64. The molecule has 0 aliphatic carbocycles. The highest BCUT2D eigenvalue weighted by molar-refractivity contribution is 9.10. The molecule has 0 radical (unpaired) electrons. The van der Waals surface area contributed by atoms with Gasteiger partial charge in [-0.05, 0) is 80.0 Å². The Bertz CT molecular complexity index is 1080. The lowest BCUT2D eigenvalue weighted by Crippen LogP contribution is -2.36. The third-order valence-corrected chi connectivity index (χ3v) is 8.46. The Balaban J connectivity index is 1.21. The van der Waals surface area contributed by atoms with Crippen molar-refractivity contribution in [3.63, 3.8) is 0 Å². The van der Waals surface area contributed by atoms with E-state index >= 15 is 0 Å². The van der Waals surface area contributed by atoms with E-state index in [2.05, 4.69) is 61.4 Å². The van der Waals surface area contributed by atoms with E-state index in [1.54, 1.807) is 0 Å². The fraction of sp³-hybridized carbons (Fsp3) is 0.586. The zero-order chi connectivity index (χ0) is 25.6. The molecule has 3 aliphatic rings. The predicted molar refractivity (Wildman–Crippen MR) is 150 cm³/mol. The summed E-state index contributed by atoms with van der Waals surface area (Å²) in [7, 11) is 1.48. The number of ether oxygens (including phenoxy) is 2. The lowest BCUT2D eigenvalue weighted by molar-refractivity contribution is -0.141. The van der Waals surface area contributed by atoms with Gasteiger partial charge >= 0.3 is 5.97 Å². The van der Waals surface area contributed by atoms with Crippen LogP contribution in [0.3, 0.4) is 0 Å². The van der Waals surface area contributed by atoms with Crippen LogP contribution in [0.5, 0.6) is 0 Å². The Morgan fingerprint density at radius 2 is 2.11 bits per heavy atom. The molecular formula is C29H39BrN4O3. The molecule has 3 aliphatic heterocycles. The summed E-state index contributed by atoms with van der Waals surface area (Å²) in [5, 5.41) is 3.45. The summed E-state index contributed by atoms with van der Waals surface area (Å²) >= 11 is 3.72. The molecule has 0 spiro atoms. The van der Waals surface area contributed by atoms with Gasteiger partial charge in [0, 0.05) is 54.5 Å². The molecular weight excluding hydrogens is 532 g/mol. The number of carbonyl (C=O) groups excluding carboxylic acids is 1. The van der Waals surface area contributed by atoms with E-state index in [1.807, 2.05) is 0 Å². The van der Waals surface area contributed by atoms with E-state index in [1.165, 1.54) is 42.5 Å². The monoisotopic (exact) mass is 570 g/mol. The molecule has 5 rings (SSSR count). The molecule has 2 atom stereocenters. The number of benzene rings is 1. The van der Waals surface area contributed by atoms with Crippen molar-refractivity contribution < 1.29 is 14.3 Å². The number of nitrogens with zero attached hydrogens (tertiary/aromatic N) is 3. The molecule has 0 unspecified atom stereocenters.